The molecule has 5 rings (SSSR count). The number of fused-ring (bicyclic) bond motifs is 2. The van der Waals surface area contributed by atoms with Gasteiger partial charge in [0.05, 0.1) is 6.33 Å². The predicted molar refractivity (Wildman–Crippen MR) is 104 cm³/mol. The summed E-state index contributed by atoms with van der Waals surface area (Å²) in [6.45, 7) is 9.10. The van der Waals surface area contributed by atoms with Crippen LogP contribution >= 0.6 is 0 Å². The van der Waals surface area contributed by atoms with Crippen LogP contribution in [-0.2, 0) is 13.0 Å². The first-order valence-electron chi connectivity index (χ1n) is 9.73. The van der Waals surface area contributed by atoms with Crippen molar-refractivity contribution in [3.05, 3.63) is 30.6 Å². The number of rotatable bonds is 4. The molecule has 0 spiro atoms. The van der Waals surface area contributed by atoms with E-state index in [2.05, 4.69) is 53.1 Å². The van der Waals surface area contributed by atoms with Crippen molar-refractivity contribution in [2.45, 2.75) is 26.8 Å². The topological polar surface area (TPSA) is 75.9 Å². The van der Waals surface area contributed by atoms with Gasteiger partial charge in [-0.15, -0.1) is 0 Å². The van der Waals surface area contributed by atoms with Crippen molar-refractivity contribution in [2.75, 3.05) is 36.0 Å². The van der Waals surface area contributed by atoms with Crippen molar-refractivity contribution in [2.24, 2.45) is 11.8 Å². The van der Waals surface area contributed by atoms with Gasteiger partial charge in [0.15, 0.2) is 17.0 Å². The maximum atomic E-state index is 4.57. The first kappa shape index (κ1) is 16.4. The Morgan fingerprint density at radius 2 is 1.59 bits per heavy atom. The standard InChI is InChI=1S/C19H24N8/c1-3-13-5-20-19(21-6-13)27-9-14-7-26(8-15(14)10-27)18-16-17(22-11-23-18)25(4-2)12-24-16/h5-6,11-12,14-15H,3-4,7-10H2,1-2H3. The van der Waals surface area contributed by atoms with Crippen molar-refractivity contribution in [1.29, 1.82) is 0 Å². The van der Waals surface area contributed by atoms with Gasteiger partial charge in [0.2, 0.25) is 5.95 Å². The lowest BCUT2D eigenvalue weighted by Gasteiger charge is -2.22. The molecule has 2 saturated heterocycles. The molecule has 2 atom stereocenters. The van der Waals surface area contributed by atoms with Gasteiger partial charge in [0, 0.05) is 57.0 Å². The fraction of sp³-hybridized carbons (Fsp3) is 0.526. The molecule has 2 aliphatic heterocycles. The molecule has 0 aromatic carbocycles. The fourth-order valence-electron chi connectivity index (χ4n) is 4.35. The molecule has 27 heavy (non-hydrogen) atoms. The Balaban J connectivity index is 1.33. The highest BCUT2D eigenvalue weighted by Crippen LogP contribution is 2.36. The fourth-order valence-corrected chi connectivity index (χ4v) is 4.35. The average Bonchev–Trinajstić information content (AvgIpc) is 3.40. The number of imidazole rings is 1. The van der Waals surface area contributed by atoms with Crippen LogP contribution in [0.25, 0.3) is 11.2 Å². The summed E-state index contributed by atoms with van der Waals surface area (Å²) in [6.07, 6.45) is 8.39. The Hall–Kier alpha value is -2.77. The highest BCUT2D eigenvalue weighted by atomic mass is 15.3. The molecule has 0 saturated carbocycles. The van der Waals surface area contributed by atoms with E-state index in [9.17, 15) is 0 Å². The molecule has 3 aromatic rings. The zero-order chi connectivity index (χ0) is 18.4. The summed E-state index contributed by atoms with van der Waals surface area (Å²) in [5.74, 6) is 3.05. The summed E-state index contributed by atoms with van der Waals surface area (Å²) in [7, 11) is 0. The average molecular weight is 364 g/mol. The number of hydrogen-bond acceptors (Lipinski definition) is 7. The third kappa shape index (κ3) is 2.70. The van der Waals surface area contributed by atoms with E-state index < -0.39 is 0 Å². The van der Waals surface area contributed by atoms with Gasteiger partial charge in [-0.05, 0) is 18.9 Å². The van der Waals surface area contributed by atoms with E-state index >= 15 is 0 Å². The van der Waals surface area contributed by atoms with Crippen LogP contribution in [0.5, 0.6) is 0 Å². The first-order chi connectivity index (χ1) is 13.3. The van der Waals surface area contributed by atoms with Crippen LogP contribution in [0.2, 0.25) is 0 Å². The second kappa shape index (κ2) is 6.44. The van der Waals surface area contributed by atoms with Gasteiger partial charge in [-0.1, -0.05) is 6.92 Å². The zero-order valence-electron chi connectivity index (χ0n) is 15.8. The van der Waals surface area contributed by atoms with Crippen molar-refractivity contribution in [3.63, 3.8) is 0 Å². The summed E-state index contributed by atoms with van der Waals surface area (Å²) in [5, 5.41) is 0. The predicted octanol–water partition coefficient (Wildman–Crippen LogP) is 1.77. The monoisotopic (exact) mass is 364 g/mol. The van der Waals surface area contributed by atoms with E-state index in [4.69, 9.17) is 0 Å². The zero-order valence-corrected chi connectivity index (χ0v) is 15.8. The van der Waals surface area contributed by atoms with E-state index in [1.165, 1.54) is 5.56 Å². The molecule has 0 N–H and O–H groups in total. The molecule has 2 fully saturated rings. The van der Waals surface area contributed by atoms with Gasteiger partial charge in [-0.25, -0.2) is 24.9 Å². The highest BCUT2D eigenvalue weighted by molar-refractivity contribution is 5.83. The maximum absolute atomic E-state index is 4.57. The van der Waals surface area contributed by atoms with Gasteiger partial charge in [-0.2, -0.15) is 0 Å². The van der Waals surface area contributed by atoms with Gasteiger partial charge in [-0.3, -0.25) is 0 Å². The largest absolute Gasteiger partial charge is 0.354 e. The molecule has 8 heteroatoms. The molecule has 2 unspecified atom stereocenters. The van der Waals surface area contributed by atoms with E-state index in [0.717, 1.165) is 62.1 Å². The highest BCUT2D eigenvalue weighted by Gasteiger charge is 2.41. The minimum absolute atomic E-state index is 0.609. The van der Waals surface area contributed by atoms with Crippen molar-refractivity contribution >= 4 is 22.9 Å². The number of hydrogen-bond donors (Lipinski definition) is 0. The summed E-state index contributed by atoms with van der Waals surface area (Å²) < 4.78 is 2.07. The molecular weight excluding hydrogens is 340 g/mol. The second-order valence-electron chi connectivity index (χ2n) is 7.48. The van der Waals surface area contributed by atoms with E-state index in [0.29, 0.717) is 11.8 Å². The SMILES string of the molecule is CCc1cnc(N2CC3CN(c4ncnc5c4ncn5CC)CC3C2)nc1. The molecule has 0 amide bonds. The molecule has 140 valence electrons. The summed E-state index contributed by atoms with van der Waals surface area (Å²) in [6, 6.07) is 0. The number of nitrogens with zero attached hydrogens (tertiary/aromatic N) is 8. The Kier molecular flexibility index (Phi) is 3.91. The minimum Gasteiger partial charge on any atom is -0.354 e. The summed E-state index contributed by atoms with van der Waals surface area (Å²) >= 11 is 0. The Labute approximate surface area is 158 Å². The van der Waals surface area contributed by atoms with Crippen LogP contribution in [0.4, 0.5) is 11.8 Å². The van der Waals surface area contributed by atoms with Crippen LogP contribution in [0.1, 0.15) is 19.4 Å². The molecule has 0 aliphatic carbocycles. The second-order valence-corrected chi connectivity index (χ2v) is 7.48. The van der Waals surface area contributed by atoms with Gasteiger partial charge in [0.25, 0.3) is 0 Å². The maximum Gasteiger partial charge on any atom is 0.225 e. The van der Waals surface area contributed by atoms with Crippen LogP contribution in [-0.4, -0.2) is 55.7 Å². The van der Waals surface area contributed by atoms with Gasteiger partial charge >= 0.3 is 0 Å². The van der Waals surface area contributed by atoms with Crippen LogP contribution in [0.15, 0.2) is 25.0 Å². The van der Waals surface area contributed by atoms with Crippen molar-refractivity contribution in [1.82, 2.24) is 29.5 Å². The number of anilines is 2. The lowest BCUT2D eigenvalue weighted by atomic mass is 10.0. The van der Waals surface area contributed by atoms with Crippen LogP contribution < -0.4 is 9.80 Å². The van der Waals surface area contributed by atoms with Crippen LogP contribution in [0.3, 0.4) is 0 Å². The molecule has 0 radical (unpaired) electrons. The summed E-state index contributed by atoms with van der Waals surface area (Å²) in [5.41, 5.74) is 3.02. The molecule has 3 aromatic heterocycles. The Morgan fingerprint density at radius 1 is 0.889 bits per heavy atom. The third-order valence-electron chi connectivity index (χ3n) is 5.89. The Bertz CT molecular complexity index is 936. The molecule has 0 bridgehead atoms. The lowest BCUT2D eigenvalue weighted by molar-refractivity contribution is 0.533. The van der Waals surface area contributed by atoms with Crippen LogP contribution in [0, 0.1) is 11.8 Å². The third-order valence-corrected chi connectivity index (χ3v) is 5.89. The Morgan fingerprint density at radius 3 is 2.26 bits per heavy atom. The number of aromatic nitrogens is 6. The van der Waals surface area contributed by atoms with Gasteiger partial charge in [0.1, 0.15) is 6.33 Å². The molecular formula is C19H24N8. The summed E-state index contributed by atoms with van der Waals surface area (Å²) in [4.78, 5) is 27.4. The smallest absolute Gasteiger partial charge is 0.225 e. The minimum atomic E-state index is 0.609. The number of aryl methyl sites for hydroxylation is 2. The first-order valence-corrected chi connectivity index (χ1v) is 9.73. The molecule has 5 heterocycles. The van der Waals surface area contributed by atoms with Gasteiger partial charge < -0.3 is 14.4 Å². The normalized spacial score (nSPS) is 22.0. The van der Waals surface area contributed by atoms with Crippen molar-refractivity contribution in [3.8, 4) is 0 Å². The van der Waals surface area contributed by atoms with E-state index in [-0.39, 0.29) is 0 Å². The quantitative estimate of drug-likeness (QED) is 0.698. The van der Waals surface area contributed by atoms with E-state index in [1.807, 2.05) is 18.7 Å². The molecule has 8 nitrogen and oxygen atoms in total. The molecule has 2 aliphatic rings. The lowest BCUT2D eigenvalue weighted by Crippen LogP contribution is -2.30. The van der Waals surface area contributed by atoms with E-state index in [1.54, 1.807) is 6.33 Å². The van der Waals surface area contributed by atoms with Crippen molar-refractivity contribution < 1.29 is 0 Å².